The largest absolute Gasteiger partial charge is 0.351 e. The molecule has 0 fully saturated rings. The van der Waals surface area contributed by atoms with Crippen molar-refractivity contribution in [3.8, 4) is 0 Å². The smallest absolute Gasteiger partial charge is 0.337 e. The lowest BCUT2D eigenvalue weighted by atomic mass is 10.2. The molecule has 1 aromatic heterocycles. The van der Waals surface area contributed by atoms with Crippen LogP contribution in [0.1, 0.15) is 5.56 Å². The highest BCUT2D eigenvalue weighted by Crippen LogP contribution is 2.33. The van der Waals surface area contributed by atoms with Crippen LogP contribution in [0.2, 0.25) is 5.02 Å². The van der Waals surface area contributed by atoms with E-state index in [1.165, 1.54) is 0 Å². The first kappa shape index (κ1) is 15.8. The zero-order valence-corrected chi connectivity index (χ0v) is 13.1. The van der Waals surface area contributed by atoms with Crippen LogP contribution < -0.4 is 5.32 Å². The minimum Gasteiger partial charge on any atom is -0.351 e. The van der Waals surface area contributed by atoms with E-state index in [4.69, 9.17) is 11.6 Å². The van der Waals surface area contributed by atoms with Gasteiger partial charge in [-0.15, -0.1) is 11.8 Å². The van der Waals surface area contributed by atoms with E-state index in [1.807, 2.05) is 12.1 Å². The lowest BCUT2D eigenvalue weighted by Gasteiger charge is -2.05. The van der Waals surface area contributed by atoms with Crippen molar-refractivity contribution in [1.82, 2.24) is 5.32 Å². The first-order chi connectivity index (χ1) is 10.1. The molecule has 1 amide bonds. The number of carbonyl (C=O) groups is 1. The van der Waals surface area contributed by atoms with Gasteiger partial charge in [-0.2, -0.15) is 0 Å². The van der Waals surface area contributed by atoms with E-state index in [9.17, 15) is 14.9 Å². The molecule has 0 bridgehead atoms. The lowest BCUT2D eigenvalue weighted by Crippen LogP contribution is -2.24. The molecule has 0 saturated heterocycles. The van der Waals surface area contributed by atoms with E-state index in [1.54, 1.807) is 23.6 Å². The van der Waals surface area contributed by atoms with Crippen molar-refractivity contribution in [2.45, 2.75) is 11.4 Å². The van der Waals surface area contributed by atoms with Gasteiger partial charge in [-0.05, 0) is 29.1 Å². The average Bonchev–Trinajstić information content (AvgIpc) is 2.93. The number of amides is 1. The Morgan fingerprint density at radius 1 is 1.33 bits per heavy atom. The van der Waals surface area contributed by atoms with Gasteiger partial charge >= 0.3 is 5.00 Å². The maximum atomic E-state index is 11.7. The van der Waals surface area contributed by atoms with Gasteiger partial charge in [0.2, 0.25) is 5.91 Å². The monoisotopic (exact) mass is 342 g/mol. The van der Waals surface area contributed by atoms with Gasteiger partial charge in [-0.3, -0.25) is 14.9 Å². The van der Waals surface area contributed by atoms with Gasteiger partial charge in [0, 0.05) is 11.6 Å². The van der Waals surface area contributed by atoms with Gasteiger partial charge in [0.15, 0.2) is 0 Å². The average molecular weight is 343 g/mol. The second-order valence-electron chi connectivity index (χ2n) is 4.04. The Morgan fingerprint density at radius 3 is 2.71 bits per heavy atom. The summed E-state index contributed by atoms with van der Waals surface area (Å²) in [5, 5.41) is 15.9. The van der Waals surface area contributed by atoms with Gasteiger partial charge in [0.1, 0.15) is 0 Å². The third kappa shape index (κ3) is 4.73. The van der Waals surface area contributed by atoms with E-state index in [0.717, 1.165) is 28.7 Å². The van der Waals surface area contributed by atoms with Crippen LogP contribution in [0.5, 0.6) is 0 Å². The van der Waals surface area contributed by atoms with Crippen LogP contribution in [0.4, 0.5) is 5.00 Å². The second kappa shape index (κ2) is 7.44. The molecule has 1 N–H and O–H groups in total. The molecule has 0 atom stereocenters. The normalized spacial score (nSPS) is 10.3. The van der Waals surface area contributed by atoms with Crippen LogP contribution in [-0.4, -0.2) is 16.6 Å². The van der Waals surface area contributed by atoms with Crippen molar-refractivity contribution in [2.75, 3.05) is 5.75 Å². The summed E-state index contributed by atoms with van der Waals surface area (Å²) in [6.07, 6.45) is 0. The zero-order valence-electron chi connectivity index (χ0n) is 10.7. The topological polar surface area (TPSA) is 72.2 Å². The molecular weight excluding hydrogens is 332 g/mol. The number of nitrogens with zero attached hydrogens (tertiary/aromatic N) is 1. The molecule has 21 heavy (non-hydrogen) atoms. The molecule has 0 radical (unpaired) electrons. The molecular formula is C13H11ClN2O3S2. The van der Waals surface area contributed by atoms with Gasteiger partial charge in [0.05, 0.1) is 15.6 Å². The molecule has 1 heterocycles. The fourth-order valence-corrected chi connectivity index (χ4v) is 3.42. The van der Waals surface area contributed by atoms with Crippen LogP contribution in [0.3, 0.4) is 0 Å². The van der Waals surface area contributed by atoms with Crippen LogP contribution in [0.25, 0.3) is 0 Å². The Morgan fingerprint density at radius 2 is 2.05 bits per heavy atom. The van der Waals surface area contributed by atoms with Crippen molar-refractivity contribution in [1.29, 1.82) is 0 Å². The number of benzene rings is 1. The standard InChI is InChI=1S/C13H11ClN2O3S2/c14-10-3-1-9(2-4-10)7-15-12(17)8-21-11-5-6-20-13(11)16(18)19/h1-6H,7-8H2,(H,15,17). The molecule has 0 aliphatic carbocycles. The van der Waals surface area contributed by atoms with E-state index in [0.29, 0.717) is 16.5 Å². The van der Waals surface area contributed by atoms with Gasteiger partial charge in [0.25, 0.3) is 0 Å². The summed E-state index contributed by atoms with van der Waals surface area (Å²) < 4.78 is 0. The van der Waals surface area contributed by atoms with Crippen molar-refractivity contribution < 1.29 is 9.72 Å². The number of carbonyl (C=O) groups excluding carboxylic acids is 1. The van der Waals surface area contributed by atoms with E-state index in [2.05, 4.69) is 5.32 Å². The summed E-state index contributed by atoms with van der Waals surface area (Å²) in [5.74, 6) is -0.0269. The Kier molecular flexibility index (Phi) is 5.60. The molecule has 0 spiro atoms. The number of hydrogen-bond donors (Lipinski definition) is 1. The third-order valence-electron chi connectivity index (χ3n) is 2.54. The molecule has 0 saturated carbocycles. The quantitative estimate of drug-likeness (QED) is 0.493. The van der Waals surface area contributed by atoms with Crippen LogP contribution in [0, 0.1) is 10.1 Å². The first-order valence-corrected chi connectivity index (χ1v) is 8.16. The molecule has 2 aromatic rings. The summed E-state index contributed by atoms with van der Waals surface area (Å²) in [5.41, 5.74) is 0.944. The molecule has 2 rings (SSSR count). The fraction of sp³-hybridized carbons (Fsp3) is 0.154. The number of halogens is 1. The number of hydrogen-bond acceptors (Lipinski definition) is 5. The highest BCUT2D eigenvalue weighted by atomic mass is 35.5. The maximum Gasteiger partial charge on any atom is 0.337 e. The summed E-state index contributed by atoms with van der Waals surface area (Å²) in [7, 11) is 0. The summed E-state index contributed by atoms with van der Waals surface area (Å²) in [6.45, 7) is 0.405. The third-order valence-corrected chi connectivity index (χ3v) is 4.83. The van der Waals surface area contributed by atoms with E-state index < -0.39 is 4.92 Å². The molecule has 0 aliphatic rings. The summed E-state index contributed by atoms with van der Waals surface area (Å²) in [4.78, 5) is 22.6. The highest BCUT2D eigenvalue weighted by Gasteiger charge is 2.16. The molecule has 5 nitrogen and oxygen atoms in total. The Balaban J connectivity index is 1.81. The van der Waals surface area contributed by atoms with Crippen molar-refractivity contribution in [2.24, 2.45) is 0 Å². The molecule has 1 aromatic carbocycles. The zero-order chi connectivity index (χ0) is 15.2. The number of rotatable bonds is 6. The summed E-state index contributed by atoms with van der Waals surface area (Å²) in [6, 6.07) is 8.83. The van der Waals surface area contributed by atoms with Gasteiger partial charge in [-0.1, -0.05) is 35.1 Å². The van der Waals surface area contributed by atoms with Gasteiger partial charge in [-0.25, -0.2) is 0 Å². The minimum atomic E-state index is -0.432. The first-order valence-electron chi connectivity index (χ1n) is 5.92. The number of nitro groups is 1. The van der Waals surface area contributed by atoms with E-state index in [-0.39, 0.29) is 16.7 Å². The Hall–Kier alpha value is -1.57. The van der Waals surface area contributed by atoms with E-state index >= 15 is 0 Å². The SMILES string of the molecule is O=C(CSc1ccsc1[N+](=O)[O-])NCc1ccc(Cl)cc1. The van der Waals surface area contributed by atoms with Gasteiger partial charge < -0.3 is 5.32 Å². The van der Waals surface area contributed by atoms with Crippen molar-refractivity contribution in [3.63, 3.8) is 0 Å². The summed E-state index contributed by atoms with van der Waals surface area (Å²) >= 11 is 8.00. The molecule has 0 unspecified atom stereocenters. The fourth-order valence-electron chi connectivity index (χ4n) is 1.53. The predicted molar refractivity (Wildman–Crippen MR) is 85.0 cm³/mol. The van der Waals surface area contributed by atoms with Crippen LogP contribution >= 0.6 is 34.7 Å². The highest BCUT2D eigenvalue weighted by molar-refractivity contribution is 8.00. The number of thiophene rings is 1. The van der Waals surface area contributed by atoms with Crippen molar-refractivity contribution >= 4 is 45.6 Å². The molecule has 8 heteroatoms. The van der Waals surface area contributed by atoms with Crippen molar-refractivity contribution in [3.05, 3.63) is 56.4 Å². The lowest BCUT2D eigenvalue weighted by molar-refractivity contribution is -0.382. The molecule has 110 valence electrons. The predicted octanol–water partition coefficient (Wildman–Crippen LogP) is 3.72. The number of thioether (sulfide) groups is 1. The van der Waals surface area contributed by atoms with Crippen LogP contribution in [0.15, 0.2) is 40.6 Å². The number of nitrogens with one attached hydrogen (secondary N) is 1. The Bertz CT molecular complexity index is 643. The minimum absolute atomic E-state index is 0.0745. The molecule has 0 aliphatic heterocycles. The maximum absolute atomic E-state index is 11.7. The second-order valence-corrected chi connectivity index (χ2v) is 6.39. The Labute approximate surface area is 134 Å². The van der Waals surface area contributed by atoms with Crippen LogP contribution in [-0.2, 0) is 11.3 Å².